The van der Waals surface area contributed by atoms with E-state index in [2.05, 4.69) is 20.0 Å². The Hall–Kier alpha value is -1.69. The Labute approximate surface area is 119 Å². The first kappa shape index (κ1) is 14.7. The van der Waals surface area contributed by atoms with Gasteiger partial charge in [-0.2, -0.15) is 0 Å². The first-order valence-corrected chi connectivity index (χ1v) is 7.04. The van der Waals surface area contributed by atoms with Crippen molar-refractivity contribution >= 4 is 11.8 Å². The minimum Gasteiger partial charge on any atom is -0.463 e. The third-order valence-corrected chi connectivity index (χ3v) is 3.77. The molecule has 2 atom stereocenters. The van der Waals surface area contributed by atoms with Crippen LogP contribution in [0.4, 0.5) is 5.82 Å². The highest BCUT2D eigenvalue weighted by atomic mass is 16.5. The molecule has 1 saturated carbocycles. The SMILES string of the molecule is COC(=O)c1nc(C)cc(NC2CCCCC2CN)n1. The second-order valence-corrected chi connectivity index (χ2v) is 5.24. The molecule has 3 N–H and O–H groups in total. The molecular weight excluding hydrogens is 256 g/mol. The second-order valence-electron chi connectivity index (χ2n) is 5.24. The molecule has 0 amide bonds. The largest absolute Gasteiger partial charge is 0.463 e. The van der Waals surface area contributed by atoms with Crippen LogP contribution in [0.1, 0.15) is 42.0 Å². The van der Waals surface area contributed by atoms with E-state index in [4.69, 9.17) is 5.73 Å². The first-order chi connectivity index (χ1) is 9.63. The van der Waals surface area contributed by atoms with E-state index in [9.17, 15) is 4.79 Å². The number of aromatic nitrogens is 2. The minimum absolute atomic E-state index is 0.0927. The van der Waals surface area contributed by atoms with Gasteiger partial charge in [-0.3, -0.25) is 0 Å². The van der Waals surface area contributed by atoms with Crippen LogP contribution >= 0.6 is 0 Å². The van der Waals surface area contributed by atoms with E-state index in [0.717, 1.165) is 18.5 Å². The first-order valence-electron chi connectivity index (χ1n) is 7.04. The third kappa shape index (κ3) is 3.45. The summed E-state index contributed by atoms with van der Waals surface area (Å²) in [4.78, 5) is 19.9. The average Bonchev–Trinajstić information content (AvgIpc) is 2.46. The number of carbonyl (C=O) groups is 1. The van der Waals surface area contributed by atoms with Gasteiger partial charge < -0.3 is 15.8 Å². The van der Waals surface area contributed by atoms with Crippen molar-refractivity contribution in [2.45, 2.75) is 38.6 Å². The van der Waals surface area contributed by atoms with Gasteiger partial charge in [0.15, 0.2) is 0 Å². The number of ether oxygens (including phenoxy) is 1. The van der Waals surface area contributed by atoms with Gasteiger partial charge in [0.05, 0.1) is 7.11 Å². The third-order valence-electron chi connectivity index (χ3n) is 3.77. The quantitative estimate of drug-likeness (QED) is 0.811. The summed E-state index contributed by atoms with van der Waals surface area (Å²) >= 11 is 0. The van der Waals surface area contributed by atoms with Crippen LogP contribution in [-0.2, 0) is 4.74 Å². The van der Waals surface area contributed by atoms with Crippen LogP contribution in [-0.4, -0.2) is 35.6 Å². The van der Waals surface area contributed by atoms with Crippen LogP contribution in [0.25, 0.3) is 0 Å². The number of carbonyl (C=O) groups excluding carboxylic acids is 1. The zero-order chi connectivity index (χ0) is 14.5. The highest BCUT2D eigenvalue weighted by Gasteiger charge is 2.24. The fourth-order valence-corrected chi connectivity index (χ4v) is 2.69. The van der Waals surface area contributed by atoms with E-state index >= 15 is 0 Å². The lowest BCUT2D eigenvalue weighted by molar-refractivity contribution is 0.0586. The number of anilines is 1. The van der Waals surface area contributed by atoms with Gasteiger partial charge >= 0.3 is 5.97 Å². The lowest BCUT2D eigenvalue weighted by atomic mass is 9.84. The van der Waals surface area contributed by atoms with Crippen LogP contribution in [0.2, 0.25) is 0 Å². The fourth-order valence-electron chi connectivity index (χ4n) is 2.69. The van der Waals surface area contributed by atoms with Gasteiger partial charge in [-0.1, -0.05) is 12.8 Å². The molecule has 1 fully saturated rings. The summed E-state index contributed by atoms with van der Waals surface area (Å²) in [5, 5.41) is 3.40. The molecule has 6 heteroatoms. The molecule has 1 aromatic rings. The smallest absolute Gasteiger partial charge is 0.376 e. The normalized spacial score (nSPS) is 22.4. The second kappa shape index (κ2) is 6.65. The van der Waals surface area contributed by atoms with E-state index in [1.54, 1.807) is 0 Å². The number of rotatable bonds is 4. The maximum Gasteiger partial charge on any atom is 0.376 e. The van der Waals surface area contributed by atoms with Crippen LogP contribution in [0.3, 0.4) is 0 Å². The molecule has 110 valence electrons. The van der Waals surface area contributed by atoms with Crippen LogP contribution < -0.4 is 11.1 Å². The van der Waals surface area contributed by atoms with E-state index in [-0.39, 0.29) is 5.82 Å². The highest BCUT2D eigenvalue weighted by molar-refractivity contribution is 5.85. The number of aryl methyl sites for hydroxylation is 1. The molecule has 2 unspecified atom stereocenters. The number of nitrogens with two attached hydrogens (primary N) is 1. The van der Waals surface area contributed by atoms with Gasteiger partial charge in [0, 0.05) is 17.8 Å². The molecule has 0 aliphatic heterocycles. The van der Waals surface area contributed by atoms with Crippen molar-refractivity contribution in [3.05, 3.63) is 17.6 Å². The number of methoxy groups -OCH3 is 1. The number of esters is 1. The summed E-state index contributed by atoms with van der Waals surface area (Å²) in [6, 6.07) is 2.16. The average molecular weight is 278 g/mol. The Kier molecular flexibility index (Phi) is 4.89. The molecule has 0 saturated heterocycles. The summed E-state index contributed by atoms with van der Waals surface area (Å²) in [5.41, 5.74) is 6.57. The van der Waals surface area contributed by atoms with Gasteiger partial charge in [-0.15, -0.1) is 0 Å². The van der Waals surface area contributed by atoms with Crippen molar-refractivity contribution in [1.29, 1.82) is 0 Å². The van der Waals surface area contributed by atoms with Gasteiger partial charge in [0.25, 0.3) is 0 Å². The Morgan fingerprint density at radius 1 is 1.45 bits per heavy atom. The van der Waals surface area contributed by atoms with E-state index in [0.29, 0.717) is 24.3 Å². The molecule has 0 bridgehead atoms. The van der Waals surface area contributed by atoms with Crippen LogP contribution in [0.15, 0.2) is 6.07 Å². The molecule has 20 heavy (non-hydrogen) atoms. The molecular formula is C14H22N4O2. The van der Waals surface area contributed by atoms with Crippen LogP contribution in [0, 0.1) is 12.8 Å². The van der Waals surface area contributed by atoms with Crippen molar-refractivity contribution in [2.75, 3.05) is 19.0 Å². The molecule has 6 nitrogen and oxygen atoms in total. The minimum atomic E-state index is -0.518. The van der Waals surface area contributed by atoms with Crippen molar-refractivity contribution in [3.63, 3.8) is 0 Å². The van der Waals surface area contributed by atoms with E-state index in [1.807, 2.05) is 13.0 Å². The Morgan fingerprint density at radius 3 is 2.90 bits per heavy atom. The molecule has 1 heterocycles. The van der Waals surface area contributed by atoms with Crippen molar-refractivity contribution in [2.24, 2.45) is 11.7 Å². The number of hydrogen-bond acceptors (Lipinski definition) is 6. The number of nitrogens with one attached hydrogen (secondary N) is 1. The topological polar surface area (TPSA) is 90.1 Å². The highest BCUT2D eigenvalue weighted by Crippen LogP contribution is 2.26. The van der Waals surface area contributed by atoms with Crippen LogP contribution in [0.5, 0.6) is 0 Å². The molecule has 1 aromatic heterocycles. The van der Waals surface area contributed by atoms with Gasteiger partial charge in [-0.25, -0.2) is 14.8 Å². The monoisotopic (exact) mass is 278 g/mol. The van der Waals surface area contributed by atoms with E-state index < -0.39 is 5.97 Å². The predicted octanol–water partition coefficient (Wildman–Crippen LogP) is 1.50. The van der Waals surface area contributed by atoms with E-state index in [1.165, 1.54) is 20.0 Å². The van der Waals surface area contributed by atoms with Gasteiger partial charge in [-0.05, 0) is 32.2 Å². The molecule has 0 radical (unpaired) electrons. The lowest BCUT2D eigenvalue weighted by Crippen LogP contribution is -2.37. The Morgan fingerprint density at radius 2 is 2.20 bits per heavy atom. The lowest BCUT2D eigenvalue weighted by Gasteiger charge is -2.31. The van der Waals surface area contributed by atoms with Gasteiger partial charge in [0.1, 0.15) is 5.82 Å². The number of nitrogens with zero attached hydrogens (tertiary/aromatic N) is 2. The summed E-state index contributed by atoms with van der Waals surface area (Å²) in [5.74, 6) is 0.703. The Bertz CT molecular complexity index is 478. The maximum atomic E-state index is 11.5. The Balaban J connectivity index is 2.15. The summed E-state index contributed by atoms with van der Waals surface area (Å²) < 4.78 is 4.67. The van der Waals surface area contributed by atoms with Crippen molar-refractivity contribution in [1.82, 2.24) is 9.97 Å². The van der Waals surface area contributed by atoms with Crippen molar-refractivity contribution < 1.29 is 9.53 Å². The predicted molar refractivity (Wildman–Crippen MR) is 76.5 cm³/mol. The molecule has 0 spiro atoms. The molecule has 0 aromatic carbocycles. The zero-order valence-electron chi connectivity index (χ0n) is 12.1. The molecule has 1 aliphatic rings. The molecule has 2 rings (SSSR count). The maximum absolute atomic E-state index is 11.5. The zero-order valence-corrected chi connectivity index (χ0v) is 12.1. The van der Waals surface area contributed by atoms with Crippen molar-refractivity contribution in [3.8, 4) is 0 Å². The van der Waals surface area contributed by atoms with Gasteiger partial charge in [0.2, 0.25) is 5.82 Å². The standard InChI is InChI=1S/C14H22N4O2/c1-9-7-12(18-13(16-9)14(19)20-2)17-11-6-4-3-5-10(11)8-15/h7,10-11H,3-6,8,15H2,1-2H3,(H,16,17,18). The summed E-state index contributed by atoms with van der Waals surface area (Å²) in [6.07, 6.45) is 4.65. The number of hydrogen-bond donors (Lipinski definition) is 2. The molecule has 1 aliphatic carbocycles. The fraction of sp³-hybridized carbons (Fsp3) is 0.643. The summed E-state index contributed by atoms with van der Waals surface area (Å²) in [6.45, 7) is 2.51. The summed E-state index contributed by atoms with van der Waals surface area (Å²) in [7, 11) is 1.33.